The Balaban J connectivity index is 0.000000168. The van der Waals surface area contributed by atoms with Crippen LogP contribution in [0.15, 0.2) is 0 Å². The molecule has 8 saturated carbocycles. The molecule has 0 heterocycles. The molecule has 38 heavy (non-hydrogen) atoms. The van der Waals surface area contributed by atoms with E-state index in [9.17, 15) is 19.5 Å². The molecule has 8 rings (SSSR count). The number of ether oxygens (including phenoxy) is 2. The van der Waals surface area contributed by atoms with E-state index >= 15 is 0 Å². The van der Waals surface area contributed by atoms with Crippen LogP contribution >= 0.6 is 0 Å². The number of rotatable bonds is 7. The van der Waals surface area contributed by atoms with Gasteiger partial charge in [-0.15, -0.1) is 0 Å². The highest BCUT2D eigenvalue weighted by Gasteiger charge is 2.63. The minimum Gasteiger partial charge on any atom is -0.459 e. The van der Waals surface area contributed by atoms with Gasteiger partial charge in [-0.1, -0.05) is 20.3 Å². The van der Waals surface area contributed by atoms with Crippen molar-refractivity contribution in [3.63, 3.8) is 0 Å². The van der Waals surface area contributed by atoms with Gasteiger partial charge in [0.25, 0.3) is 0 Å². The topological polar surface area (TPSA) is 89.9 Å². The smallest absolute Gasteiger partial charge is 0.309 e. The number of carbonyl (C=O) groups is 3. The summed E-state index contributed by atoms with van der Waals surface area (Å²) in [5.41, 5.74) is -1.26. The summed E-state index contributed by atoms with van der Waals surface area (Å²) in [6.45, 7) is 9.86. The van der Waals surface area contributed by atoms with Crippen molar-refractivity contribution in [2.75, 3.05) is 0 Å². The van der Waals surface area contributed by atoms with Gasteiger partial charge in [-0.2, -0.15) is 0 Å². The quantitative estimate of drug-likeness (QED) is 0.396. The molecule has 6 nitrogen and oxygen atoms in total. The van der Waals surface area contributed by atoms with E-state index in [2.05, 4.69) is 27.7 Å². The zero-order valence-electron chi connectivity index (χ0n) is 24.4. The minimum absolute atomic E-state index is 0.0218. The molecular formula is C32H50O6. The van der Waals surface area contributed by atoms with Gasteiger partial charge in [-0.05, 0) is 115 Å². The van der Waals surface area contributed by atoms with E-state index in [4.69, 9.17) is 9.47 Å². The molecule has 0 aliphatic heterocycles. The molecule has 8 fully saturated rings. The largest absolute Gasteiger partial charge is 0.459 e. The van der Waals surface area contributed by atoms with Gasteiger partial charge in [0.15, 0.2) is 0 Å². The molecule has 8 aliphatic rings. The summed E-state index contributed by atoms with van der Waals surface area (Å²) in [5, 5.41) is 11.0. The lowest BCUT2D eigenvalue weighted by molar-refractivity contribution is -0.234. The first-order chi connectivity index (χ1) is 17.8. The van der Waals surface area contributed by atoms with Gasteiger partial charge in [0.05, 0.1) is 11.5 Å². The molecule has 8 bridgehead atoms. The van der Waals surface area contributed by atoms with Crippen LogP contribution in [0.25, 0.3) is 0 Å². The van der Waals surface area contributed by atoms with Crippen molar-refractivity contribution in [2.45, 2.75) is 141 Å². The molecule has 0 aromatic rings. The number of Topliss-reactive ketones (excluding diaryl/α,β-unsaturated/α-hetero) is 1. The first-order valence-corrected chi connectivity index (χ1v) is 15.5. The van der Waals surface area contributed by atoms with Gasteiger partial charge in [-0.25, -0.2) is 0 Å². The van der Waals surface area contributed by atoms with Crippen LogP contribution in [0, 0.1) is 40.9 Å². The zero-order valence-corrected chi connectivity index (χ0v) is 24.4. The van der Waals surface area contributed by atoms with Gasteiger partial charge in [0.1, 0.15) is 17.0 Å². The Morgan fingerprint density at radius 2 is 1.55 bits per heavy atom. The Hall–Kier alpha value is -1.43. The van der Waals surface area contributed by atoms with Crippen LogP contribution in [0.1, 0.15) is 125 Å². The highest BCUT2D eigenvalue weighted by Crippen LogP contribution is 2.65. The number of ketones is 1. The molecule has 0 aromatic carbocycles. The van der Waals surface area contributed by atoms with Crippen LogP contribution in [-0.2, 0) is 23.9 Å². The fraction of sp³-hybridized carbons (Fsp3) is 0.906. The Labute approximate surface area is 229 Å². The Morgan fingerprint density at radius 3 is 2.05 bits per heavy atom. The number of hydrogen-bond acceptors (Lipinski definition) is 6. The van der Waals surface area contributed by atoms with E-state index in [1.165, 1.54) is 13.3 Å². The minimum atomic E-state index is -0.499. The standard InChI is InChI=1S/C20H34O3.C12H16O3/c1-5-7-16(6-2)17(21)23-18(3,4)19-9-14-8-15(10-19)12-20(22,11-14)13-19;1-7(13)15-12-4-8-2-9(5-12)11(14)10(3-8)6-12/h14-16,22H,5-13H2,1-4H3;8-10H,2-6H2,1H3. The van der Waals surface area contributed by atoms with E-state index in [0.717, 1.165) is 83.5 Å². The SMILES string of the molecule is CC(=O)OC12CC3CC(C1)C(=O)C(C3)C2.CCCC(CC)C(=O)OC(C)(C)C12CC3CC(CC(O)(C3)C1)C2. The average Bonchev–Trinajstić information content (AvgIpc) is 2.78. The molecule has 0 amide bonds. The van der Waals surface area contributed by atoms with E-state index in [-0.39, 0.29) is 40.7 Å². The maximum atomic E-state index is 12.7. The maximum absolute atomic E-state index is 12.7. The third-order valence-electron chi connectivity index (χ3n) is 11.4. The number of esters is 2. The first kappa shape index (κ1) is 28.1. The zero-order chi connectivity index (χ0) is 27.5. The fourth-order valence-electron chi connectivity index (χ4n) is 10.3. The number of hydrogen-bond donors (Lipinski definition) is 1. The number of carbonyl (C=O) groups excluding carboxylic acids is 3. The molecule has 6 heteroatoms. The molecule has 0 spiro atoms. The third kappa shape index (κ3) is 5.08. The summed E-state index contributed by atoms with van der Waals surface area (Å²) in [7, 11) is 0. The molecule has 5 unspecified atom stereocenters. The molecule has 0 radical (unpaired) electrons. The monoisotopic (exact) mass is 530 g/mol. The van der Waals surface area contributed by atoms with Gasteiger partial charge in [0, 0.05) is 24.2 Å². The van der Waals surface area contributed by atoms with Crippen molar-refractivity contribution in [2.24, 2.45) is 40.9 Å². The van der Waals surface area contributed by atoms with Crippen LogP contribution in [0.4, 0.5) is 0 Å². The second-order valence-corrected chi connectivity index (χ2v) is 14.8. The highest BCUT2D eigenvalue weighted by atomic mass is 16.6. The summed E-state index contributed by atoms with van der Waals surface area (Å²) < 4.78 is 11.6. The van der Waals surface area contributed by atoms with Crippen LogP contribution in [0.2, 0.25) is 0 Å². The Bertz CT molecular complexity index is 920. The molecule has 1 N–H and O–H groups in total. The van der Waals surface area contributed by atoms with E-state index < -0.39 is 11.2 Å². The van der Waals surface area contributed by atoms with Crippen LogP contribution in [0.5, 0.6) is 0 Å². The summed E-state index contributed by atoms with van der Waals surface area (Å²) in [5.74, 6) is 2.50. The van der Waals surface area contributed by atoms with Crippen molar-refractivity contribution in [1.82, 2.24) is 0 Å². The summed E-state index contributed by atoms with van der Waals surface area (Å²) in [6.07, 6.45) is 13.7. The second-order valence-electron chi connectivity index (χ2n) is 14.8. The van der Waals surface area contributed by atoms with Gasteiger partial charge in [0.2, 0.25) is 0 Å². The predicted molar refractivity (Wildman–Crippen MR) is 144 cm³/mol. The lowest BCUT2D eigenvalue weighted by atomic mass is 9.44. The van der Waals surface area contributed by atoms with Crippen molar-refractivity contribution >= 4 is 17.7 Å². The Kier molecular flexibility index (Phi) is 7.31. The molecule has 214 valence electrons. The van der Waals surface area contributed by atoms with Gasteiger partial charge >= 0.3 is 11.9 Å². The number of aliphatic hydroxyl groups is 1. The lowest BCUT2D eigenvalue weighted by Crippen LogP contribution is -2.63. The normalized spacial score (nSPS) is 42.9. The lowest BCUT2D eigenvalue weighted by Gasteiger charge is -2.64. The van der Waals surface area contributed by atoms with Crippen LogP contribution in [0.3, 0.4) is 0 Å². The van der Waals surface area contributed by atoms with Crippen LogP contribution in [-0.4, -0.2) is 39.6 Å². The molecular weight excluding hydrogens is 480 g/mol. The van der Waals surface area contributed by atoms with Crippen LogP contribution < -0.4 is 0 Å². The van der Waals surface area contributed by atoms with Crippen molar-refractivity contribution in [3.8, 4) is 0 Å². The van der Waals surface area contributed by atoms with Crippen molar-refractivity contribution in [1.29, 1.82) is 0 Å². The summed E-state index contributed by atoms with van der Waals surface area (Å²) in [4.78, 5) is 35.6. The Morgan fingerprint density at radius 1 is 0.947 bits per heavy atom. The molecule has 0 aromatic heterocycles. The molecule has 8 aliphatic carbocycles. The van der Waals surface area contributed by atoms with E-state index in [0.29, 0.717) is 23.5 Å². The van der Waals surface area contributed by atoms with E-state index in [1.54, 1.807) is 0 Å². The third-order valence-corrected chi connectivity index (χ3v) is 11.4. The molecule has 0 saturated heterocycles. The average molecular weight is 531 g/mol. The summed E-state index contributed by atoms with van der Waals surface area (Å²) in [6, 6.07) is 0. The van der Waals surface area contributed by atoms with Gasteiger partial charge in [-0.3, -0.25) is 14.4 Å². The van der Waals surface area contributed by atoms with Gasteiger partial charge < -0.3 is 14.6 Å². The fourth-order valence-corrected chi connectivity index (χ4v) is 10.3. The summed E-state index contributed by atoms with van der Waals surface area (Å²) >= 11 is 0. The first-order valence-electron chi connectivity index (χ1n) is 15.5. The van der Waals surface area contributed by atoms with Crippen molar-refractivity contribution in [3.05, 3.63) is 0 Å². The predicted octanol–water partition coefficient (Wildman–Crippen LogP) is 6.16. The van der Waals surface area contributed by atoms with E-state index in [1.807, 2.05) is 0 Å². The maximum Gasteiger partial charge on any atom is 0.309 e. The second kappa shape index (κ2) is 9.89. The van der Waals surface area contributed by atoms with Crippen molar-refractivity contribution < 1.29 is 29.0 Å². The molecule has 5 atom stereocenters. The highest BCUT2D eigenvalue weighted by molar-refractivity contribution is 5.86.